The summed E-state index contributed by atoms with van der Waals surface area (Å²) < 4.78 is 26.6. The topological polar surface area (TPSA) is 74.7 Å². The number of piperidine rings is 1. The number of carboxylic acids is 1. The number of rotatable bonds is 4. The summed E-state index contributed by atoms with van der Waals surface area (Å²) in [5.74, 6) is -0.792. The second-order valence-electron chi connectivity index (χ2n) is 5.58. The molecule has 2 unspecified atom stereocenters. The van der Waals surface area contributed by atoms with Crippen LogP contribution in [0.2, 0.25) is 0 Å². The van der Waals surface area contributed by atoms with E-state index in [2.05, 4.69) is 0 Å². The summed E-state index contributed by atoms with van der Waals surface area (Å²) in [6.45, 7) is 4.09. The molecule has 2 rings (SSSR count). The van der Waals surface area contributed by atoms with Crippen LogP contribution in [-0.4, -0.2) is 36.4 Å². The minimum Gasteiger partial charge on any atom is -0.480 e. The molecule has 5 nitrogen and oxygen atoms in total. The molecular weight excluding hydrogens is 290 g/mol. The smallest absolute Gasteiger partial charge is 0.322 e. The Hall–Kier alpha value is -1.40. The van der Waals surface area contributed by atoms with Gasteiger partial charge in [-0.3, -0.25) is 4.79 Å². The second-order valence-corrected chi connectivity index (χ2v) is 7.48. The third-order valence-electron chi connectivity index (χ3n) is 4.12. The lowest BCUT2D eigenvalue weighted by Gasteiger charge is -2.35. The number of nitrogens with zero attached hydrogens (tertiary/aromatic N) is 1. The van der Waals surface area contributed by atoms with Gasteiger partial charge >= 0.3 is 5.97 Å². The number of carbonyl (C=O) groups is 1. The van der Waals surface area contributed by atoms with Gasteiger partial charge in [0.05, 0.1) is 4.90 Å². The maximum absolute atomic E-state index is 12.7. The maximum atomic E-state index is 12.7. The number of hydrogen-bond donors (Lipinski definition) is 1. The van der Waals surface area contributed by atoms with Crippen molar-refractivity contribution in [1.82, 2.24) is 4.31 Å². The molecule has 1 aliphatic rings. The molecule has 1 fully saturated rings. The fraction of sp³-hybridized carbons (Fsp3) is 0.533. The fourth-order valence-electron chi connectivity index (χ4n) is 2.81. The zero-order valence-corrected chi connectivity index (χ0v) is 13.1. The molecule has 1 aromatic carbocycles. The number of aliphatic carboxylic acids is 1. The standard InChI is InChI=1S/C15H21NO4S/c1-3-12-7-8-16(14(10-12)15(17)18)21(19,20)13-6-4-5-11(2)9-13/h4-6,9,12,14H,3,7-8,10H2,1-2H3,(H,17,18). The minimum atomic E-state index is -3.76. The summed E-state index contributed by atoms with van der Waals surface area (Å²) in [6, 6.07) is 5.63. The fourth-order valence-corrected chi connectivity index (χ4v) is 4.52. The molecule has 0 radical (unpaired) electrons. The first kappa shape index (κ1) is 16.0. The molecule has 6 heteroatoms. The number of aryl methyl sites for hydroxylation is 1. The van der Waals surface area contributed by atoms with Gasteiger partial charge in [0.2, 0.25) is 10.0 Å². The Labute approximate surface area is 125 Å². The Kier molecular flexibility index (Phi) is 4.68. The van der Waals surface area contributed by atoms with Crippen molar-refractivity contribution in [3.8, 4) is 0 Å². The van der Waals surface area contributed by atoms with Crippen LogP contribution < -0.4 is 0 Å². The highest BCUT2D eigenvalue weighted by atomic mass is 32.2. The van der Waals surface area contributed by atoms with E-state index in [4.69, 9.17) is 0 Å². The highest BCUT2D eigenvalue weighted by molar-refractivity contribution is 7.89. The zero-order chi connectivity index (χ0) is 15.6. The normalized spacial score (nSPS) is 23.9. The predicted octanol–water partition coefficient (Wildman–Crippen LogP) is 2.26. The first-order chi connectivity index (χ1) is 9.86. The predicted molar refractivity (Wildman–Crippen MR) is 79.5 cm³/mol. The number of benzene rings is 1. The lowest BCUT2D eigenvalue weighted by atomic mass is 9.90. The van der Waals surface area contributed by atoms with Crippen LogP contribution in [0.25, 0.3) is 0 Å². The molecule has 1 saturated heterocycles. The van der Waals surface area contributed by atoms with E-state index in [9.17, 15) is 18.3 Å². The van der Waals surface area contributed by atoms with Crippen LogP contribution in [0.5, 0.6) is 0 Å². The number of hydrogen-bond acceptors (Lipinski definition) is 3. The summed E-state index contributed by atoms with van der Waals surface area (Å²) in [7, 11) is -3.76. The van der Waals surface area contributed by atoms with Crippen LogP contribution in [0.15, 0.2) is 29.2 Å². The molecule has 1 aliphatic heterocycles. The van der Waals surface area contributed by atoms with Crippen molar-refractivity contribution < 1.29 is 18.3 Å². The van der Waals surface area contributed by atoms with Crippen LogP contribution in [0.4, 0.5) is 0 Å². The Morgan fingerprint density at radius 1 is 1.43 bits per heavy atom. The Morgan fingerprint density at radius 3 is 2.71 bits per heavy atom. The summed E-state index contributed by atoms with van der Waals surface area (Å²) in [5, 5.41) is 9.38. The SMILES string of the molecule is CCC1CCN(S(=O)(=O)c2cccc(C)c2)C(C(=O)O)C1. The van der Waals surface area contributed by atoms with Crippen molar-refractivity contribution in [2.24, 2.45) is 5.92 Å². The van der Waals surface area contributed by atoms with Gasteiger partial charge in [0.15, 0.2) is 0 Å². The van der Waals surface area contributed by atoms with E-state index < -0.39 is 22.0 Å². The first-order valence-electron chi connectivity index (χ1n) is 7.17. The molecule has 1 N–H and O–H groups in total. The molecule has 116 valence electrons. The zero-order valence-electron chi connectivity index (χ0n) is 12.3. The van der Waals surface area contributed by atoms with Gasteiger partial charge < -0.3 is 5.11 Å². The molecule has 2 atom stereocenters. The van der Waals surface area contributed by atoms with Gasteiger partial charge in [-0.05, 0) is 43.4 Å². The molecule has 1 heterocycles. The van der Waals surface area contributed by atoms with Gasteiger partial charge in [0, 0.05) is 6.54 Å². The van der Waals surface area contributed by atoms with Crippen LogP contribution in [0.3, 0.4) is 0 Å². The van der Waals surface area contributed by atoms with Crippen LogP contribution in [0, 0.1) is 12.8 Å². The Bertz CT molecular complexity index is 626. The molecule has 1 aromatic rings. The lowest BCUT2D eigenvalue weighted by Crippen LogP contribution is -2.49. The van der Waals surface area contributed by atoms with Crippen molar-refractivity contribution in [3.05, 3.63) is 29.8 Å². The molecule has 21 heavy (non-hydrogen) atoms. The van der Waals surface area contributed by atoms with Gasteiger partial charge in [-0.2, -0.15) is 4.31 Å². The third kappa shape index (κ3) is 3.27. The highest BCUT2D eigenvalue weighted by Gasteiger charge is 2.40. The van der Waals surface area contributed by atoms with Crippen molar-refractivity contribution in [3.63, 3.8) is 0 Å². The van der Waals surface area contributed by atoms with E-state index in [0.29, 0.717) is 12.8 Å². The van der Waals surface area contributed by atoms with Gasteiger partial charge in [-0.1, -0.05) is 25.5 Å². The summed E-state index contributed by atoms with van der Waals surface area (Å²) in [4.78, 5) is 11.6. The third-order valence-corrected chi connectivity index (χ3v) is 6.02. The van der Waals surface area contributed by atoms with Gasteiger partial charge in [-0.15, -0.1) is 0 Å². The van der Waals surface area contributed by atoms with Crippen molar-refractivity contribution >= 4 is 16.0 Å². The van der Waals surface area contributed by atoms with Crippen molar-refractivity contribution in [1.29, 1.82) is 0 Å². The highest BCUT2D eigenvalue weighted by Crippen LogP contribution is 2.30. The average Bonchev–Trinajstić information content (AvgIpc) is 2.46. The molecule has 0 saturated carbocycles. The average molecular weight is 311 g/mol. The monoisotopic (exact) mass is 311 g/mol. The van der Waals surface area contributed by atoms with Gasteiger partial charge in [0.1, 0.15) is 6.04 Å². The Balaban J connectivity index is 2.36. The summed E-state index contributed by atoms with van der Waals surface area (Å²) in [6.07, 6.45) is 1.98. The van der Waals surface area contributed by atoms with Gasteiger partial charge in [0.25, 0.3) is 0 Å². The molecular formula is C15H21NO4S. The number of sulfonamides is 1. The van der Waals surface area contributed by atoms with E-state index in [0.717, 1.165) is 16.3 Å². The van der Waals surface area contributed by atoms with E-state index in [1.165, 1.54) is 6.07 Å². The molecule has 0 bridgehead atoms. The van der Waals surface area contributed by atoms with E-state index in [1.54, 1.807) is 12.1 Å². The van der Waals surface area contributed by atoms with Crippen molar-refractivity contribution in [2.45, 2.75) is 44.0 Å². The molecule has 0 amide bonds. The van der Waals surface area contributed by atoms with E-state index in [1.807, 2.05) is 19.9 Å². The number of carboxylic acid groups (broad SMARTS) is 1. The first-order valence-corrected chi connectivity index (χ1v) is 8.61. The summed E-state index contributed by atoms with van der Waals surface area (Å²) >= 11 is 0. The molecule has 0 aliphatic carbocycles. The lowest BCUT2D eigenvalue weighted by molar-refractivity contribution is -0.143. The van der Waals surface area contributed by atoms with Crippen LogP contribution in [0.1, 0.15) is 31.7 Å². The Morgan fingerprint density at radius 2 is 2.14 bits per heavy atom. The minimum absolute atomic E-state index is 0.170. The second kappa shape index (κ2) is 6.15. The summed E-state index contributed by atoms with van der Waals surface area (Å²) in [5.41, 5.74) is 0.839. The maximum Gasteiger partial charge on any atom is 0.322 e. The largest absolute Gasteiger partial charge is 0.480 e. The van der Waals surface area contributed by atoms with E-state index >= 15 is 0 Å². The molecule has 0 spiro atoms. The van der Waals surface area contributed by atoms with Crippen LogP contribution in [-0.2, 0) is 14.8 Å². The molecule has 0 aromatic heterocycles. The van der Waals surface area contributed by atoms with Crippen LogP contribution >= 0.6 is 0 Å². The quantitative estimate of drug-likeness (QED) is 0.925. The van der Waals surface area contributed by atoms with Crippen molar-refractivity contribution in [2.75, 3.05) is 6.54 Å². The van der Waals surface area contributed by atoms with E-state index in [-0.39, 0.29) is 17.4 Å². The van der Waals surface area contributed by atoms with Gasteiger partial charge in [-0.25, -0.2) is 8.42 Å².